The van der Waals surface area contributed by atoms with E-state index < -0.39 is 0 Å². The molecule has 32 heavy (non-hydrogen) atoms. The van der Waals surface area contributed by atoms with Crippen LogP contribution < -0.4 is 14.4 Å². The van der Waals surface area contributed by atoms with Gasteiger partial charge in [-0.05, 0) is 72.2 Å². The number of benzene rings is 3. The van der Waals surface area contributed by atoms with Crippen molar-refractivity contribution in [1.82, 2.24) is 0 Å². The van der Waals surface area contributed by atoms with E-state index in [2.05, 4.69) is 0 Å². The van der Waals surface area contributed by atoms with Crippen molar-refractivity contribution in [1.29, 1.82) is 0 Å². The van der Waals surface area contributed by atoms with Crippen LogP contribution in [0.5, 0.6) is 11.5 Å². The van der Waals surface area contributed by atoms with Crippen LogP contribution in [-0.2, 0) is 4.79 Å². The highest BCUT2D eigenvalue weighted by Gasteiger charge is 2.31. The Morgan fingerprint density at radius 1 is 0.844 bits per heavy atom. The van der Waals surface area contributed by atoms with Gasteiger partial charge in [-0.25, -0.2) is 0 Å². The van der Waals surface area contributed by atoms with E-state index in [0.717, 1.165) is 28.1 Å². The summed E-state index contributed by atoms with van der Waals surface area (Å²) in [6.07, 6.45) is 3.71. The largest absolute Gasteiger partial charge is 0.493 e. The average molecular weight is 466 g/mol. The highest BCUT2D eigenvalue weighted by atomic mass is 35.5. The van der Waals surface area contributed by atoms with Crippen molar-refractivity contribution in [2.45, 2.75) is 6.92 Å². The van der Waals surface area contributed by atoms with Gasteiger partial charge < -0.3 is 9.47 Å². The van der Waals surface area contributed by atoms with Gasteiger partial charge in [0.05, 0.1) is 25.6 Å². The SMILES string of the molecule is COc1ccc(/C=C2\C=C(c3ccc(Cl)cc3)N(c3cc(Cl)ccc3C)C2=O)cc1OC. The van der Waals surface area contributed by atoms with Crippen LogP contribution in [0.25, 0.3) is 11.8 Å². The lowest BCUT2D eigenvalue weighted by molar-refractivity contribution is -0.113. The summed E-state index contributed by atoms with van der Waals surface area (Å²) >= 11 is 12.4. The molecule has 1 aliphatic rings. The molecule has 0 fully saturated rings. The number of carbonyl (C=O) groups excluding carboxylic acids is 1. The average Bonchev–Trinajstić information content (AvgIpc) is 3.11. The van der Waals surface area contributed by atoms with Crippen molar-refractivity contribution in [3.05, 3.63) is 99.0 Å². The normalized spacial score (nSPS) is 14.7. The summed E-state index contributed by atoms with van der Waals surface area (Å²) in [6, 6.07) is 18.5. The van der Waals surface area contributed by atoms with Crippen molar-refractivity contribution in [3.63, 3.8) is 0 Å². The van der Waals surface area contributed by atoms with Crippen LogP contribution in [0.3, 0.4) is 0 Å². The third-order valence-corrected chi connectivity index (χ3v) is 5.75. The minimum absolute atomic E-state index is 0.143. The first-order valence-electron chi connectivity index (χ1n) is 9.93. The Kier molecular flexibility index (Phi) is 6.26. The molecule has 0 saturated carbocycles. The second kappa shape index (κ2) is 9.11. The van der Waals surface area contributed by atoms with Crippen molar-refractivity contribution >= 4 is 46.6 Å². The standard InChI is InChI=1S/C26H21Cl2NO3/c1-16-4-8-21(28)15-22(16)29-23(18-6-9-20(27)10-7-18)14-19(26(29)30)12-17-5-11-24(31-2)25(13-17)32-3/h4-15H,1-3H3/b19-12+. The minimum atomic E-state index is -0.143. The molecule has 0 atom stereocenters. The number of hydrogen-bond donors (Lipinski definition) is 0. The van der Waals surface area contributed by atoms with E-state index in [1.165, 1.54) is 0 Å². The third kappa shape index (κ3) is 4.24. The molecule has 6 heteroatoms. The van der Waals surface area contributed by atoms with Gasteiger partial charge in [-0.15, -0.1) is 0 Å². The van der Waals surface area contributed by atoms with Gasteiger partial charge in [0.1, 0.15) is 0 Å². The summed E-state index contributed by atoms with van der Waals surface area (Å²) in [5.41, 5.74) is 4.67. The number of aryl methyl sites for hydroxylation is 1. The summed E-state index contributed by atoms with van der Waals surface area (Å²) in [6.45, 7) is 1.95. The number of ether oxygens (including phenoxy) is 2. The second-order valence-corrected chi connectivity index (χ2v) is 8.19. The van der Waals surface area contributed by atoms with Crippen LogP contribution in [0.4, 0.5) is 5.69 Å². The number of rotatable bonds is 5. The van der Waals surface area contributed by atoms with Crippen LogP contribution >= 0.6 is 23.2 Å². The zero-order valence-electron chi connectivity index (χ0n) is 17.9. The molecule has 3 aromatic carbocycles. The van der Waals surface area contributed by atoms with Crippen LogP contribution in [0.2, 0.25) is 10.0 Å². The first-order valence-corrected chi connectivity index (χ1v) is 10.7. The summed E-state index contributed by atoms with van der Waals surface area (Å²) in [5, 5.41) is 1.19. The lowest BCUT2D eigenvalue weighted by Crippen LogP contribution is -2.25. The lowest BCUT2D eigenvalue weighted by Gasteiger charge is -2.23. The maximum Gasteiger partial charge on any atom is 0.262 e. The second-order valence-electron chi connectivity index (χ2n) is 7.32. The number of hydrogen-bond acceptors (Lipinski definition) is 3. The zero-order valence-corrected chi connectivity index (χ0v) is 19.4. The summed E-state index contributed by atoms with van der Waals surface area (Å²) < 4.78 is 10.7. The molecular weight excluding hydrogens is 445 g/mol. The fraction of sp³-hybridized carbons (Fsp3) is 0.115. The fourth-order valence-electron chi connectivity index (χ4n) is 3.63. The molecule has 0 aromatic heterocycles. The molecular formula is C26H21Cl2NO3. The van der Waals surface area contributed by atoms with Gasteiger partial charge in [0, 0.05) is 15.6 Å². The molecule has 3 aromatic rings. The summed E-state index contributed by atoms with van der Waals surface area (Å²) in [7, 11) is 3.17. The number of methoxy groups -OCH3 is 2. The number of amides is 1. The van der Waals surface area contributed by atoms with Gasteiger partial charge in [-0.1, -0.05) is 47.5 Å². The van der Waals surface area contributed by atoms with Crippen molar-refractivity contribution in [2.75, 3.05) is 19.1 Å². The van der Waals surface area contributed by atoms with Crippen LogP contribution in [-0.4, -0.2) is 20.1 Å². The predicted molar refractivity (Wildman–Crippen MR) is 131 cm³/mol. The lowest BCUT2D eigenvalue weighted by atomic mass is 10.1. The molecule has 0 unspecified atom stereocenters. The van der Waals surface area contributed by atoms with Gasteiger partial charge in [0.15, 0.2) is 11.5 Å². The Hall–Kier alpha value is -3.21. The Balaban J connectivity index is 1.84. The van der Waals surface area contributed by atoms with Crippen LogP contribution in [0.1, 0.15) is 16.7 Å². The zero-order chi connectivity index (χ0) is 22.8. The van der Waals surface area contributed by atoms with E-state index in [4.69, 9.17) is 32.7 Å². The quantitative estimate of drug-likeness (QED) is 0.389. The number of nitrogens with zero attached hydrogens (tertiary/aromatic N) is 1. The van der Waals surface area contributed by atoms with Crippen LogP contribution in [0, 0.1) is 6.92 Å². The number of halogens is 2. The molecule has 0 radical (unpaired) electrons. The van der Waals surface area contributed by atoms with E-state index in [1.807, 2.05) is 61.5 Å². The van der Waals surface area contributed by atoms with E-state index in [-0.39, 0.29) is 5.91 Å². The topological polar surface area (TPSA) is 38.8 Å². The van der Waals surface area contributed by atoms with Crippen LogP contribution in [0.15, 0.2) is 72.3 Å². The first-order chi connectivity index (χ1) is 15.4. The molecule has 1 aliphatic heterocycles. The van der Waals surface area contributed by atoms with E-state index in [1.54, 1.807) is 37.3 Å². The van der Waals surface area contributed by atoms with E-state index in [0.29, 0.717) is 27.1 Å². The molecule has 1 heterocycles. The van der Waals surface area contributed by atoms with Gasteiger partial charge >= 0.3 is 0 Å². The number of carbonyl (C=O) groups is 1. The fourth-order valence-corrected chi connectivity index (χ4v) is 3.93. The maximum absolute atomic E-state index is 13.6. The van der Waals surface area contributed by atoms with Crippen molar-refractivity contribution in [3.8, 4) is 11.5 Å². The molecule has 0 spiro atoms. The molecule has 4 rings (SSSR count). The molecule has 0 saturated heterocycles. The monoisotopic (exact) mass is 465 g/mol. The number of anilines is 1. The van der Waals surface area contributed by atoms with Gasteiger partial charge in [-0.3, -0.25) is 9.69 Å². The summed E-state index contributed by atoms with van der Waals surface area (Å²) in [5.74, 6) is 1.08. The Morgan fingerprint density at radius 3 is 2.22 bits per heavy atom. The highest BCUT2D eigenvalue weighted by molar-refractivity contribution is 6.32. The molecule has 4 nitrogen and oxygen atoms in total. The van der Waals surface area contributed by atoms with Gasteiger partial charge in [-0.2, -0.15) is 0 Å². The molecule has 0 aliphatic carbocycles. The van der Waals surface area contributed by atoms with Gasteiger partial charge in [0.2, 0.25) is 0 Å². The molecule has 0 N–H and O–H groups in total. The van der Waals surface area contributed by atoms with Crippen molar-refractivity contribution in [2.24, 2.45) is 0 Å². The smallest absolute Gasteiger partial charge is 0.262 e. The Labute approximate surface area is 197 Å². The minimum Gasteiger partial charge on any atom is -0.493 e. The third-order valence-electron chi connectivity index (χ3n) is 5.27. The Bertz CT molecular complexity index is 1250. The molecule has 1 amide bonds. The highest BCUT2D eigenvalue weighted by Crippen LogP contribution is 2.38. The summed E-state index contributed by atoms with van der Waals surface area (Å²) in [4.78, 5) is 15.3. The van der Waals surface area contributed by atoms with E-state index in [9.17, 15) is 4.79 Å². The van der Waals surface area contributed by atoms with Gasteiger partial charge in [0.25, 0.3) is 5.91 Å². The van der Waals surface area contributed by atoms with Crippen molar-refractivity contribution < 1.29 is 14.3 Å². The van der Waals surface area contributed by atoms with E-state index >= 15 is 0 Å². The predicted octanol–water partition coefficient (Wildman–Crippen LogP) is 6.79. The molecule has 162 valence electrons. The molecule has 0 bridgehead atoms. The maximum atomic E-state index is 13.6. The first kappa shape index (κ1) is 22.0. The Morgan fingerprint density at radius 2 is 1.53 bits per heavy atom.